The SMILES string of the molecule is Cc1cc(O)ccc1-c1ccc(C#N)cc1. The van der Waals surface area contributed by atoms with Gasteiger partial charge >= 0.3 is 0 Å². The summed E-state index contributed by atoms with van der Waals surface area (Å²) in [5.74, 6) is 0.273. The second kappa shape index (κ2) is 4.08. The van der Waals surface area contributed by atoms with Crippen molar-refractivity contribution in [2.75, 3.05) is 0 Å². The third-order valence-electron chi connectivity index (χ3n) is 2.53. The lowest BCUT2D eigenvalue weighted by Gasteiger charge is -2.06. The van der Waals surface area contributed by atoms with Gasteiger partial charge in [0.2, 0.25) is 0 Å². The van der Waals surface area contributed by atoms with Gasteiger partial charge < -0.3 is 5.11 Å². The van der Waals surface area contributed by atoms with E-state index in [0.717, 1.165) is 16.7 Å². The highest BCUT2D eigenvalue weighted by Gasteiger charge is 2.02. The van der Waals surface area contributed by atoms with Crippen LogP contribution in [0, 0.1) is 18.3 Å². The van der Waals surface area contributed by atoms with Crippen LogP contribution in [-0.4, -0.2) is 5.11 Å². The molecule has 0 aliphatic rings. The van der Waals surface area contributed by atoms with Crippen molar-refractivity contribution >= 4 is 0 Å². The summed E-state index contributed by atoms with van der Waals surface area (Å²) in [5.41, 5.74) is 3.80. The van der Waals surface area contributed by atoms with Gasteiger partial charge in [-0.3, -0.25) is 0 Å². The Morgan fingerprint density at radius 1 is 1.06 bits per heavy atom. The van der Waals surface area contributed by atoms with Gasteiger partial charge in [-0.15, -0.1) is 0 Å². The Bertz CT molecular complexity index is 550. The molecule has 0 saturated carbocycles. The van der Waals surface area contributed by atoms with Crippen LogP contribution in [-0.2, 0) is 0 Å². The molecule has 0 unspecified atom stereocenters. The van der Waals surface area contributed by atoms with Crippen molar-refractivity contribution in [2.24, 2.45) is 0 Å². The van der Waals surface area contributed by atoms with E-state index >= 15 is 0 Å². The van der Waals surface area contributed by atoms with E-state index in [4.69, 9.17) is 5.26 Å². The highest BCUT2D eigenvalue weighted by atomic mass is 16.3. The van der Waals surface area contributed by atoms with E-state index in [0.29, 0.717) is 5.56 Å². The van der Waals surface area contributed by atoms with Crippen LogP contribution >= 0.6 is 0 Å². The van der Waals surface area contributed by atoms with E-state index in [-0.39, 0.29) is 5.75 Å². The molecular formula is C14H11NO. The van der Waals surface area contributed by atoms with Crippen molar-refractivity contribution in [3.8, 4) is 22.9 Å². The van der Waals surface area contributed by atoms with Crippen LogP contribution in [0.1, 0.15) is 11.1 Å². The molecule has 0 aliphatic carbocycles. The van der Waals surface area contributed by atoms with Crippen LogP contribution in [0.5, 0.6) is 5.75 Å². The Morgan fingerprint density at radius 2 is 1.75 bits per heavy atom. The summed E-state index contributed by atoms with van der Waals surface area (Å²) in [4.78, 5) is 0. The minimum absolute atomic E-state index is 0.273. The van der Waals surface area contributed by atoms with Crippen molar-refractivity contribution in [2.45, 2.75) is 6.92 Å². The first-order valence-corrected chi connectivity index (χ1v) is 5.01. The van der Waals surface area contributed by atoms with Gasteiger partial charge in [-0.25, -0.2) is 0 Å². The number of aryl methyl sites for hydroxylation is 1. The fraction of sp³-hybridized carbons (Fsp3) is 0.0714. The maximum Gasteiger partial charge on any atom is 0.115 e. The van der Waals surface area contributed by atoms with E-state index in [9.17, 15) is 5.11 Å². The molecule has 0 bridgehead atoms. The summed E-state index contributed by atoms with van der Waals surface area (Å²) in [5, 5.41) is 18.0. The van der Waals surface area contributed by atoms with E-state index in [1.807, 2.05) is 25.1 Å². The van der Waals surface area contributed by atoms with Crippen molar-refractivity contribution in [3.63, 3.8) is 0 Å². The van der Waals surface area contributed by atoms with E-state index in [2.05, 4.69) is 6.07 Å². The molecule has 0 atom stereocenters. The molecule has 0 radical (unpaired) electrons. The van der Waals surface area contributed by atoms with E-state index in [1.165, 1.54) is 0 Å². The molecule has 0 heterocycles. The Morgan fingerprint density at radius 3 is 2.31 bits per heavy atom. The summed E-state index contributed by atoms with van der Waals surface area (Å²) in [7, 11) is 0. The molecule has 0 saturated heterocycles. The van der Waals surface area contributed by atoms with Gasteiger partial charge in [-0.1, -0.05) is 18.2 Å². The molecule has 0 amide bonds. The van der Waals surface area contributed by atoms with Crippen LogP contribution in [0.15, 0.2) is 42.5 Å². The number of phenolic OH excluding ortho intramolecular Hbond substituents is 1. The Balaban J connectivity index is 2.47. The summed E-state index contributed by atoms with van der Waals surface area (Å²) in [6.45, 7) is 1.95. The third kappa shape index (κ3) is 1.89. The number of nitrogens with zero attached hydrogens (tertiary/aromatic N) is 1. The molecule has 1 N–H and O–H groups in total. The first-order valence-electron chi connectivity index (χ1n) is 5.01. The van der Waals surface area contributed by atoms with Gasteiger partial charge in [-0.2, -0.15) is 5.26 Å². The average Bonchev–Trinajstić information content (AvgIpc) is 2.29. The highest BCUT2D eigenvalue weighted by Crippen LogP contribution is 2.26. The predicted octanol–water partition coefficient (Wildman–Crippen LogP) is 3.24. The molecule has 2 heteroatoms. The van der Waals surface area contributed by atoms with Crippen LogP contribution in [0.4, 0.5) is 0 Å². The Kier molecular flexibility index (Phi) is 2.61. The molecule has 78 valence electrons. The molecule has 16 heavy (non-hydrogen) atoms. The summed E-state index contributed by atoms with van der Waals surface area (Å²) < 4.78 is 0. The number of phenols is 1. The molecule has 0 spiro atoms. The molecule has 0 aromatic heterocycles. The smallest absolute Gasteiger partial charge is 0.115 e. The molecule has 2 aromatic rings. The van der Waals surface area contributed by atoms with Crippen LogP contribution < -0.4 is 0 Å². The topological polar surface area (TPSA) is 44.0 Å². The minimum atomic E-state index is 0.273. The first-order chi connectivity index (χ1) is 7.70. The first kappa shape index (κ1) is 10.3. The van der Waals surface area contributed by atoms with Gasteiger partial charge in [0.25, 0.3) is 0 Å². The predicted molar refractivity (Wildman–Crippen MR) is 63.0 cm³/mol. The summed E-state index contributed by atoms with van der Waals surface area (Å²) >= 11 is 0. The number of hydrogen-bond acceptors (Lipinski definition) is 2. The maximum absolute atomic E-state index is 9.32. The highest BCUT2D eigenvalue weighted by molar-refractivity contribution is 5.68. The normalized spacial score (nSPS) is 9.75. The third-order valence-corrected chi connectivity index (χ3v) is 2.53. The molecule has 2 aromatic carbocycles. The van der Waals surface area contributed by atoms with Crippen LogP contribution in [0.25, 0.3) is 11.1 Å². The van der Waals surface area contributed by atoms with Crippen LogP contribution in [0.2, 0.25) is 0 Å². The van der Waals surface area contributed by atoms with E-state index in [1.54, 1.807) is 24.3 Å². The summed E-state index contributed by atoms with van der Waals surface area (Å²) in [6, 6.07) is 14.8. The number of nitriles is 1. The van der Waals surface area contributed by atoms with Crippen molar-refractivity contribution in [3.05, 3.63) is 53.6 Å². The van der Waals surface area contributed by atoms with Crippen molar-refractivity contribution in [1.29, 1.82) is 5.26 Å². The standard InChI is InChI=1S/C14H11NO/c1-10-8-13(16)6-7-14(10)12-4-2-11(9-15)3-5-12/h2-8,16H,1H3. The number of hydrogen-bond donors (Lipinski definition) is 1. The molecule has 0 aliphatic heterocycles. The molecular weight excluding hydrogens is 198 g/mol. The number of benzene rings is 2. The van der Waals surface area contributed by atoms with Crippen molar-refractivity contribution in [1.82, 2.24) is 0 Å². The minimum Gasteiger partial charge on any atom is -0.508 e. The lowest BCUT2D eigenvalue weighted by Crippen LogP contribution is -1.83. The average molecular weight is 209 g/mol. The monoisotopic (exact) mass is 209 g/mol. The largest absolute Gasteiger partial charge is 0.508 e. The van der Waals surface area contributed by atoms with Gasteiger partial charge in [0.1, 0.15) is 5.75 Å². The second-order valence-electron chi connectivity index (χ2n) is 3.69. The number of rotatable bonds is 1. The van der Waals surface area contributed by atoms with Gasteiger partial charge in [0, 0.05) is 0 Å². The van der Waals surface area contributed by atoms with Gasteiger partial charge in [0.15, 0.2) is 0 Å². The van der Waals surface area contributed by atoms with Gasteiger partial charge in [0.05, 0.1) is 11.6 Å². The maximum atomic E-state index is 9.32. The zero-order valence-corrected chi connectivity index (χ0v) is 8.94. The van der Waals surface area contributed by atoms with E-state index < -0.39 is 0 Å². The van der Waals surface area contributed by atoms with Crippen molar-refractivity contribution < 1.29 is 5.11 Å². The fourth-order valence-corrected chi connectivity index (χ4v) is 1.70. The lowest BCUT2D eigenvalue weighted by atomic mass is 9.99. The summed E-state index contributed by atoms with van der Waals surface area (Å²) in [6.07, 6.45) is 0. The fourth-order valence-electron chi connectivity index (χ4n) is 1.70. The van der Waals surface area contributed by atoms with Gasteiger partial charge in [-0.05, 0) is 47.9 Å². The molecule has 0 fully saturated rings. The van der Waals surface area contributed by atoms with Crippen LogP contribution in [0.3, 0.4) is 0 Å². The lowest BCUT2D eigenvalue weighted by molar-refractivity contribution is 0.475. The quantitative estimate of drug-likeness (QED) is 0.783. The number of aromatic hydroxyl groups is 1. The zero-order chi connectivity index (χ0) is 11.5. The Hall–Kier alpha value is -2.27. The second-order valence-corrected chi connectivity index (χ2v) is 3.69. The zero-order valence-electron chi connectivity index (χ0n) is 8.94. The molecule has 2 nitrogen and oxygen atoms in total. The molecule has 2 rings (SSSR count). The Labute approximate surface area is 94.4 Å².